The van der Waals surface area contributed by atoms with Gasteiger partial charge in [-0.1, -0.05) is 0 Å². The zero-order chi connectivity index (χ0) is 2.00. The third kappa shape index (κ3) is 12.1. The van der Waals surface area contributed by atoms with E-state index in [0.29, 0.717) is 0 Å². The molecule has 0 amide bonds. The molecule has 0 aliphatic carbocycles. The molecule has 0 aliphatic rings. The van der Waals surface area contributed by atoms with Crippen molar-refractivity contribution in [3.63, 3.8) is 0 Å². The smallest absolute Gasteiger partial charge is 0.512 e. The third-order valence-corrected chi connectivity index (χ3v) is 0. The van der Waals surface area contributed by atoms with Crippen LogP contribution in [0, 0.1) is 11.8 Å². The Morgan fingerprint density at radius 2 is 1.25 bits per heavy atom. The Bertz CT molecular complexity index is 12.8. The molecule has 0 spiro atoms. The van der Waals surface area contributed by atoms with Gasteiger partial charge in [0.15, 0.2) is 0 Å². The molecule has 0 aromatic heterocycles. The van der Waals surface area contributed by atoms with Crippen molar-refractivity contribution in [1.29, 1.82) is 5.26 Å². The quantitative estimate of drug-likeness (QED) is 0.241. The van der Waals surface area contributed by atoms with Crippen LogP contribution in [0.3, 0.4) is 0 Å². The van der Waals surface area contributed by atoms with Gasteiger partial charge in [0.2, 0.25) is 0 Å². The molecule has 0 aromatic carbocycles. The Balaban J connectivity index is -0.00000000500. The van der Waals surface area contributed by atoms with Crippen LogP contribution in [0.5, 0.6) is 0 Å². The predicted molar refractivity (Wildman–Crippen MR) is 4.97 cm³/mol. The average molecular weight is 108 g/mol. The van der Waals surface area contributed by atoms with E-state index in [2.05, 4.69) is 0 Å². The van der Waals surface area contributed by atoms with Crippen molar-refractivity contribution in [2.75, 3.05) is 0 Å². The molecule has 0 bridgehead atoms. The number of hydrogen-bond donors (Lipinski definition) is 0. The summed E-state index contributed by atoms with van der Waals surface area (Å²) in [5, 5.41) is 6.25. The van der Waals surface area contributed by atoms with E-state index >= 15 is 0 Å². The minimum absolute atomic E-state index is 0. The summed E-state index contributed by atoms with van der Waals surface area (Å²) in [5.41, 5.74) is 0. The molecule has 0 rings (SSSR count). The van der Waals surface area contributed by atoms with Crippen molar-refractivity contribution in [1.82, 2.24) is 0 Å². The topological polar surface area (TPSA) is 23.8 Å². The molecule has 0 unspecified atom stereocenters. The molecule has 4 heavy (non-hydrogen) atoms. The van der Waals surface area contributed by atoms with Gasteiger partial charge in [-0.05, 0) is 0 Å². The number of rotatable bonds is 0. The van der Waals surface area contributed by atoms with Crippen molar-refractivity contribution in [3.05, 3.63) is 6.57 Å². The Morgan fingerprint density at radius 1 is 1.25 bits per heavy atom. The molecule has 0 N–H and O–H groups in total. The van der Waals surface area contributed by atoms with E-state index in [9.17, 15) is 0 Å². The van der Waals surface area contributed by atoms with Crippen LogP contribution in [0.4, 0.5) is 0 Å². The van der Waals surface area contributed by atoms with E-state index in [0.717, 1.165) is 0 Å². The normalized spacial score (nSPS) is 0.500. The van der Waals surface area contributed by atoms with E-state index in [1.807, 2.05) is 0 Å². The molecular formula is CNNaNi. The monoisotopic (exact) mass is 107 g/mol. The van der Waals surface area contributed by atoms with Gasteiger partial charge in [0, 0.05) is 16.5 Å². The Hall–Kier alpha value is 0.984. The van der Waals surface area contributed by atoms with Crippen LogP contribution in [0.15, 0.2) is 0 Å². The van der Waals surface area contributed by atoms with Crippen LogP contribution in [0.25, 0.3) is 0 Å². The summed E-state index contributed by atoms with van der Waals surface area (Å²) in [6, 6.07) is 0. The largest absolute Gasteiger partial charge is 1.00 e. The van der Waals surface area contributed by atoms with Crippen molar-refractivity contribution < 1.29 is 46.0 Å². The maximum Gasteiger partial charge on any atom is 1.00 e. The van der Waals surface area contributed by atoms with Gasteiger partial charge >= 0.3 is 29.6 Å². The Kier molecular flexibility index (Phi) is 184. The van der Waals surface area contributed by atoms with Gasteiger partial charge in [-0.3, -0.25) is 0 Å². The van der Waals surface area contributed by atoms with Crippen molar-refractivity contribution in [2.45, 2.75) is 0 Å². The maximum absolute atomic E-state index is 6.25. The first-order valence-electron chi connectivity index (χ1n) is 0.224. The molecule has 0 saturated carbocycles. The SMILES string of the molecule is [C-]#N.[Na+].[Ni]. The molecule has 0 atom stereocenters. The van der Waals surface area contributed by atoms with Crippen LogP contribution in [0.2, 0.25) is 0 Å². The van der Waals surface area contributed by atoms with Crippen molar-refractivity contribution in [3.8, 4) is 0 Å². The molecule has 0 heterocycles. The summed E-state index contributed by atoms with van der Waals surface area (Å²) in [7, 11) is 0. The summed E-state index contributed by atoms with van der Waals surface area (Å²) >= 11 is 0. The second kappa shape index (κ2) is 36.7. The van der Waals surface area contributed by atoms with Crippen molar-refractivity contribution >= 4 is 0 Å². The second-order valence-electron chi connectivity index (χ2n) is 0. The Labute approximate surface area is 57.6 Å². The maximum atomic E-state index is 6.25. The molecule has 0 aliphatic heterocycles. The van der Waals surface area contributed by atoms with Gasteiger partial charge in [0.25, 0.3) is 0 Å². The summed E-state index contributed by atoms with van der Waals surface area (Å²) in [6.45, 7) is 4.75. The zero-order valence-electron chi connectivity index (χ0n) is 2.26. The molecule has 0 fully saturated rings. The fourth-order valence-electron chi connectivity index (χ4n) is 0. The third-order valence-electron chi connectivity index (χ3n) is 0. The molecule has 0 saturated heterocycles. The minimum atomic E-state index is 0. The van der Waals surface area contributed by atoms with Crippen LogP contribution in [0.1, 0.15) is 0 Å². The van der Waals surface area contributed by atoms with E-state index in [1.54, 1.807) is 0 Å². The van der Waals surface area contributed by atoms with Crippen LogP contribution < -0.4 is 29.6 Å². The van der Waals surface area contributed by atoms with Gasteiger partial charge in [-0.25, -0.2) is 0 Å². The molecule has 1 nitrogen and oxygen atoms in total. The van der Waals surface area contributed by atoms with Gasteiger partial charge in [-0.15, -0.1) is 0 Å². The van der Waals surface area contributed by atoms with E-state index in [1.165, 1.54) is 0 Å². The first kappa shape index (κ1) is 20.1. The molecule has 3 heteroatoms. The molecule has 0 aromatic rings. The average Bonchev–Trinajstić information content (AvgIpc) is 1.00. The molecule has 0 radical (unpaired) electrons. The van der Waals surface area contributed by atoms with E-state index in [-0.39, 0.29) is 46.0 Å². The molecular weight excluding hydrogens is 108 g/mol. The first-order chi connectivity index (χ1) is 1.00. The Morgan fingerprint density at radius 3 is 1.25 bits per heavy atom. The van der Waals surface area contributed by atoms with Crippen LogP contribution >= 0.6 is 0 Å². The summed E-state index contributed by atoms with van der Waals surface area (Å²) < 4.78 is 0. The number of nitrogens with zero attached hydrogens (tertiary/aromatic N) is 1. The van der Waals surface area contributed by atoms with Crippen LogP contribution in [-0.2, 0) is 16.5 Å². The van der Waals surface area contributed by atoms with E-state index in [4.69, 9.17) is 11.8 Å². The minimum Gasteiger partial charge on any atom is -0.512 e. The van der Waals surface area contributed by atoms with Gasteiger partial charge in [0.1, 0.15) is 0 Å². The van der Waals surface area contributed by atoms with Gasteiger partial charge < -0.3 is 11.8 Å². The van der Waals surface area contributed by atoms with Gasteiger partial charge in [-0.2, -0.15) is 0 Å². The fraction of sp³-hybridized carbons (Fsp3) is 0. The molecule has 20 valence electrons. The summed E-state index contributed by atoms with van der Waals surface area (Å²) in [6.07, 6.45) is 0. The van der Waals surface area contributed by atoms with Crippen LogP contribution in [-0.4, -0.2) is 0 Å². The standard InChI is InChI=1S/CN.Na.Ni/c1-2;;/q-1;+1;. The zero-order valence-corrected chi connectivity index (χ0v) is 5.25. The van der Waals surface area contributed by atoms with Crippen molar-refractivity contribution in [2.24, 2.45) is 0 Å². The van der Waals surface area contributed by atoms with Gasteiger partial charge in [0.05, 0.1) is 0 Å². The fourth-order valence-corrected chi connectivity index (χ4v) is 0. The summed E-state index contributed by atoms with van der Waals surface area (Å²) in [5.74, 6) is 0. The first-order valence-corrected chi connectivity index (χ1v) is 0.224. The second-order valence-corrected chi connectivity index (χ2v) is 0. The predicted octanol–water partition coefficient (Wildman–Crippen LogP) is -2.90. The summed E-state index contributed by atoms with van der Waals surface area (Å²) in [4.78, 5) is 0. The van der Waals surface area contributed by atoms with E-state index < -0.39 is 0 Å². The number of hydrogen-bond acceptors (Lipinski definition) is 1.